The topological polar surface area (TPSA) is 15.3 Å². The van der Waals surface area contributed by atoms with Gasteiger partial charge in [0.15, 0.2) is 0 Å². The van der Waals surface area contributed by atoms with Crippen LogP contribution in [0, 0.1) is 11.8 Å². The summed E-state index contributed by atoms with van der Waals surface area (Å²) in [7, 11) is 0. The first-order valence-electron chi connectivity index (χ1n) is 8.71. The van der Waals surface area contributed by atoms with Gasteiger partial charge in [-0.15, -0.1) is 0 Å². The van der Waals surface area contributed by atoms with Crippen LogP contribution in [-0.4, -0.2) is 36.1 Å². The van der Waals surface area contributed by atoms with Crippen molar-refractivity contribution in [2.24, 2.45) is 11.8 Å². The molecule has 3 rings (SSSR count). The van der Waals surface area contributed by atoms with Gasteiger partial charge in [0.2, 0.25) is 0 Å². The normalized spacial score (nSPS) is 33.5. The fourth-order valence-corrected chi connectivity index (χ4v) is 4.24. The minimum absolute atomic E-state index is 0.483. The molecule has 3 aliphatic rings. The van der Waals surface area contributed by atoms with Crippen molar-refractivity contribution in [3.8, 4) is 0 Å². The Labute approximate surface area is 119 Å². The number of nitrogens with zero attached hydrogens (tertiary/aromatic N) is 1. The van der Waals surface area contributed by atoms with Crippen LogP contribution in [-0.2, 0) is 0 Å². The van der Waals surface area contributed by atoms with Crippen molar-refractivity contribution in [3.05, 3.63) is 0 Å². The number of rotatable bonds is 4. The maximum atomic E-state index is 3.98. The van der Waals surface area contributed by atoms with Crippen LogP contribution in [0.4, 0.5) is 0 Å². The lowest BCUT2D eigenvalue weighted by Gasteiger charge is -2.51. The summed E-state index contributed by atoms with van der Waals surface area (Å²) in [5.41, 5.74) is 0.483. The van der Waals surface area contributed by atoms with Crippen molar-refractivity contribution in [2.45, 2.75) is 76.8 Å². The van der Waals surface area contributed by atoms with Crippen molar-refractivity contribution in [2.75, 3.05) is 19.6 Å². The highest BCUT2D eigenvalue weighted by molar-refractivity contribution is 5.01. The van der Waals surface area contributed by atoms with E-state index >= 15 is 0 Å². The number of hydrogen-bond acceptors (Lipinski definition) is 2. The Morgan fingerprint density at radius 1 is 1.21 bits per heavy atom. The molecule has 2 aliphatic carbocycles. The molecule has 2 atom stereocenters. The van der Waals surface area contributed by atoms with Crippen LogP contribution >= 0.6 is 0 Å². The van der Waals surface area contributed by atoms with Crippen LogP contribution in [0.25, 0.3) is 0 Å². The molecule has 2 saturated carbocycles. The minimum Gasteiger partial charge on any atom is -0.308 e. The van der Waals surface area contributed by atoms with Crippen LogP contribution in [0.5, 0.6) is 0 Å². The second-order valence-corrected chi connectivity index (χ2v) is 7.55. The molecule has 2 heteroatoms. The van der Waals surface area contributed by atoms with Gasteiger partial charge < -0.3 is 5.32 Å². The van der Waals surface area contributed by atoms with Gasteiger partial charge in [0.05, 0.1) is 0 Å². The van der Waals surface area contributed by atoms with Gasteiger partial charge in [0.1, 0.15) is 0 Å². The quantitative estimate of drug-likeness (QED) is 0.837. The highest BCUT2D eigenvalue weighted by Crippen LogP contribution is 2.37. The first-order chi connectivity index (χ1) is 9.22. The zero-order chi connectivity index (χ0) is 13.3. The Kier molecular flexibility index (Phi) is 4.19. The zero-order valence-electron chi connectivity index (χ0n) is 13.0. The third kappa shape index (κ3) is 3.16. The molecule has 0 aromatic rings. The Morgan fingerprint density at radius 3 is 2.58 bits per heavy atom. The van der Waals surface area contributed by atoms with E-state index < -0.39 is 0 Å². The predicted octanol–water partition coefficient (Wildman–Crippen LogP) is 3.42. The molecule has 2 nitrogen and oxygen atoms in total. The summed E-state index contributed by atoms with van der Waals surface area (Å²) in [5.74, 6) is 1.87. The van der Waals surface area contributed by atoms with E-state index in [4.69, 9.17) is 0 Å². The van der Waals surface area contributed by atoms with E-state index in [1.54, 1.807) is 0 Å². The van der Waals surface area contributed by atoms with E-state index in [1.165, 1.54) is 71.0 Å². The number of piperazine rings is 1. The summed E-state index contributed by atoms with van der Waals surface area (Å²) in [4.78, 5) is 2.88. The van der Waals surface area contributed by atoms with Gasteiger partial charge in [-0.3, -0.25) is 4.90 Å². The minimum atomic E-state index is 0.483. The van der Waals surface area contributed by atoms with E-state index in [9.17, 15) is 0 Å². The Morgan fingerprint density at radius 2 is 1.95 bits per heavy atom. The summed E-state index contributed by atoms with van der Waals surface area (Å²) >= 11 is 0. The van der Waals surface area contributed by atoms with Gasteiger partial charge in [-0.25, -0.2) is 0 Å². The summed E-state index contributed by atoms with van der Waals surface area (Å²) in [5, 5.41) is 3.98. The molecule has 0 amide bonds. The second kappa shape index (κ2) is 5.73. The van der Waals surface area contributed by atoms with Crippen molar-refractivity contribution >= 4 is 0 Å². The Bertz CT molecular complexity index is 292. The van der Waals surface area contributed by atoms with Crippen molar-refractivity contribution in [1.29, 1.82) is 0 Å². The van der Waals surface area contributed by atoms with Crippen molar-refractivity contribution in [1.82, 2.24) is 10.2 Å². The molecule has 1 spiro atoms. The highest BCUT2D eigenvalue weighted by Gasteiger charge is 2.42. The predicted molar refractivity (Wildman–Crippen MR) is 81.4 cm³/mol. The van der Waals surface area contributed by atoms with E-state index in [2.05, 4.69) is 24.1 Å². The third-order valence-electron chi connectivity index (χ3n) is 5.96. The third-order valence-corrected chi connectivity index (χ3v) is 5.96. The highest BCUT2D eigenvalue weighted by atomic mass is 15.3. The van der Waals surface area contributed by atoms with Crippen LogP contribution in [0.15, 0.2) is 0 Å². The average molecular weight is 264 g/mol. The summed E-state index contributed by atoms with van der Waals surface area (Å²) in [6, 6.07) is 0.790. The van der Waals surface area contributed by atoms with Crippen LogP contribution in [0.2, 0.25) is 0 Å². The van der Waals surface area contributed by atoms with Crippen molar-refractivity contribution < 1.29 is 0 Å². The molecule has 0 bridgehead atoms. The smallest absolute Gasteiger partial charge is 0.0309 e. The van der Waals surface area contributed by atoms with E-state index in [0.29, 0.717) is 5.54 Å². The molecule has 110 valence electrons. The van der Waals surface area contributed by atoms with E-state index in [1.807, 2.05) is 0 Å². The molecule has 1 saturated heterocycles. The Balaban J connectivity index is 1.67. The molecule has 19 heavy (non-hydrogen) atoms. The molecule has 0 aromatic heterocycles. The van der Waals surface area contributed by atoms with Crippen molar-refractivity contribution in [3.63, 3.8) is 0 Å². The van der Waals surface area contributed by atoms with Gasteiger partial charge in [-0.05, 0) is 37.5 Å². The van der Waals surface area contributed by atoms with Crippen LogP contribution in [0.1, 0.15) is 65.2 Å². The molecule has 0 radical (unpaired) electrons. The zero-order valence-corrected chi connectivity index (χ0v) is 13.0. The second-order valence-electron chi connectivity index (χ2n) is 7.55. The summed E-state index contributed by atoms with van der Waals surface area (Å²) in [6.07, 6.45) is 11.5. The van der Waals surface area contributed by atoms with E-state index in [0.717, 1.165) is 17.9 Å². The number of hydrogen-bond donors (Lipinski definition) is 1. The lowest BCUT2D eigenvalue weighted by Crippen LogP contribution is -2.66. The summed E-state index contributed by atoms with van der Waals surface area (Å²) in [6.45, 7) is 8.76. The Hall–Kier alpha value is -0.0800. The standard InChI is InChI=1S/C17H32N2/c1-3-14(2)16-11-18-17(9-5-4-6-10-17)13-19(16)12-15-7-8-15/h14-16,18H,3-13H2,1-2H3. The van der Waals surface area contributed by atoms with Gasteiger partial charge in [0.25, 0.3) is 0 Å². The molecule has 0 aromatic carbocycles. The molecular formula is C17H32N2. The van der Waals surface area contributed by atoms with Crippen LogP contribution < -0.4 is 5.32 Å². The lowest BCUT2D eigenvalue weighted by atomic mass is 9.78. The fourth-order valence-electron chi connectivity index (χ4n) is 4.24. The monoisotopic (exact) mass is 264 g/mol. The average Bonchev–Trinajstić information content (AvgIpc) is 3.23. The lowest BCUT2D eigenvalue weighted by molar-refractivity contribution is 0.0292. The van der Waals surface area contributed by atoms with Gasteiger partial charge in [-0.2, -0.15) is 0 Å². The van der Waals surface area contributed by atoms with Gasteiger partial charge in [-0.1, -0.05) is 39.5 Å². The molecular weight excluding hydrogens is 232 g/mol. The molecule has 1 heterocycles. The maximum Gasteiger partial charge on any atom is 0.0309 e. The number of nitrogens with one attached hydrogen (secondary N) is 1. The van der Waals surface area contributed by atoms with E-state index in [-0.39, 0.29) is 0 Å². The van der Waals surface area contributed by atoms with Gasteiger partial charge >= 0.3 is 0 Å². The van der Waals surface area contributed by atoms with Crippen LogP contribution in [0.3, 0.4) is 0 Å². The fraction of sp³-hybridized carbons (Fsp3) is 1.00. The largest absolute Gasteiger partial charge is 0.308 e. The molecule has 1 aliphatic heterocycles. The molecule has 3 fully saturated rings. The van der Waals surface area contributed by atoms with Gasteiger partial charge in [0, 0.05) is 31.2 Å². The maximum absolute atomic E-state index is 3.98. The molecule has 1 N–H and O–H groups in total. The summed E-state index contributed by atoms with van der Waals surface area (Å²) < 4.78 is 0. The first-order valence-corrected chi connectivity index (χ1v) is 8.71. The molecule has 2 unspecified atom stereocenters. The first kappa shape index (κ1) is 13.9. The SMILES string of the molecule is CCC(C)C1CNC2(CCCCC2)CN1CC1CC1.